The van der Waals surface area contributed by atoms with Gasteiger partial charge in [0.15, 0.2) is 0 Å². The van der Waals surface area contributed by atoms with Crippen LogP contribution in [-0.4, -0.2) is 44.2 Å². The standard InChI is InChI=1S/C16H26FN3/c1-12(18)10-13-6-4-8-15(17)16(13)20-9-5-7-14(20)11-19(2)3/h4,6,8,12,14H,5,7,9-11,18H2,1-3H3. The molecule has 0 radical (unpaired) electrons. The summed E-state index contributed by atoms with van der Waals surface area (Å²) < 4.78 is 14.4. The highest BCUT2D eigenvalue weighted by Crippen LogP contribution is 2.32. The van der Waals surface area contributed by atoms with Gasteiger partial charge in [0, 0.05) is 25.2 Å². The monoisotopic (exact) mass is 279 g/mol. The number of likely N-dealkylation sites (N-methyl/N-ethyl adjacent to an activating group) is 1. The van der Waals surface area contributed by atoms with E-state index in [0.717, 1.165) is 43.6 Å². The molecule has 1 fully saturated rings. The van der Waals surface area contributed by atoms with Gasteiger partial charge in [-0.15, -0.1) is 0 Å². The summed E-state index contributed by atoms with van der Waals surface area (Å²) in [6.45, 7) is 3.87. The first-order valence-electron chi connectivity index (χ1n) is 7.43. The van der Waals surface area contributed by atoms with Crippen molar-refractivity contribution in [1.29, 1.82) is 0 Å². The first kappa shape index (κ1) is 15.3. The fourth-order valence-corrected chi connectivity index (χ4v) is 3.13. The van der Waals surface area contributed by atoms with Crippen molar-refractivity contribution in [3.63, 3.8) is 0 Å². The van der Waals surface area contributed by atoms with Crippen molar-refractivity contribution in [3.05, 3.63) is 29.6 Å². The van der Waals surface area contributed by atoms with Crippen LogP contribution >= 0.6 is 0 Å². The normalized spacial score (nSPS) is 20.7. The van der Waals surface area contributed by atoms with Gasteiger partial charge in [-0.3, -0.25) is 0 Å². The van der Waals surface area contributed by atoms with Crippen LogP contribution in [-0.2, 0) is 6.42 Å². The van der Waals surface area contributed by atoms with Gasteiger partial charge in [-0.2, -0.15) is 0 Å². The zero-order chi connectivity index (χ0) is 14.7. The van der Waals surface area contributed by atoms with Crippen molar-refractivity contribution < 1.29 is 4.39 Å². The van der Waals surface area contributed by atoms with Crippen molar-refractivity contribution in [2.75, 3.05) is 32.1 Å². The summed E-state index contributed by atoms with van der Waals surface area (Å²) in [7, 11) is 4.14. The van der Waals surface area contributed by atoms with E-state index in [1.54, 1.807) is 12.1 Å². The van der Waals surface area contributed by atoms with Gasteiger partial charge in [0.1, 0.15) is 5.82 Å². The molecule has 3 nitrogen and oxygen atoms in total. The lowest BCUT2D eigenvalue weighted by Gasteiger charge is -2.31. The number of hydrogen-bond donors (Lipinski definition) is 1. The number of rotatable bonds is 5. The minimum atomic E-state index is -0.117. The van der Waals surface area contributed by atoms with E-state index in [9.17, 15) is 4.39 Å². The average Bonchev–Trinajstić information content (AvgIpc) is 2.75. The number of nitrogens with zero attached hydrogens (tertiary/aromatic N) is 2. The third-order valence-corrected chi connectivity index (χ3v) is 3.85. The van der Waals surface area contributed by atoms with Gasteiger partial charge < -0.3 is 15.5 Å². The molecule has 0 spiro atoms. The zero-order valence-corrected chi connectivity index (χ0v) is 12.8. The third kappa shape index (κ3) is 3.49. The molecule has 112 valence electrons. The van der Waals surface area contributed by atoms with E-state index in [4.69, 9.17) is 5.73 Å². The lowest BCUT2D eigenvalue weighted by molar-refractivity contribution is 0.371. The Morgan fingerprint density at radius 3 is 2.85 bits per heavy atom. The Balaban J connectivity index is 2.30. The number of benzene rings is 1. The lowest BCUT2D eigenvalue weighted by Crippen LogP contribution is -2.38. The van der Waals surface area contributed by atoms with Gasteiger partial charge in [-0.25, -0.2) is 4.39 Å². The van der Waals surface area contributed by atoms with E-state index in [0.29, 0.717) is 6.04 Å². The van der Waals surface area contributed by atoms with Crippen molar-refractivity contribution >= 4 is 5.69 Å². The number of halogens is 1. The summed E-state index contributed by atoms with van der Waals surface area (Å²) in [5.41, 5.74) is 7.71. The Bertz CT molecular complexity index is 445. The molecule has 2 rings (SSSR count). The summed E-state index contributed by atoms with van der Waals surface area (Å²) in [6, 6.07) is 5.80. The molecule has 2 atom stereocenters. The highest BCUT2D eigenvalue weighted by Gasteiger charge is 2.28. The molecule has 20 heavy (non-hydrogen) atoms. The largest absolute Gasteiger partial charge is 0.365 e. The molecule has 1 aliphatic heterocycles. The van der Waals surface area contributed by atoms with Gasteiger partial charge >= 0.3 is 0 Å². The van der Waals surface area contributed by atoms with Crippen LogP contribution in [0.25, 0.3) is 0 Å². The maximum atomic E-state index is 14.4. The van der Waals surface area contributed by atoms with E-state index in [2.05, 4.69) is 23.9 Å². The molecule has 0 aromatic heterocycles. The van der Waals surface area contributed by atoms with Gasteiger partial charge in [0.05, 0.1) is 5.69 Å². The van der Waals surface area contributed by atoms with E-state index < -0.39 is 0 Å². The van der Waals surface area contributed by atoms with Crippen LogP contribution in [0.2, 0.25) is 0 Å². The second kappa shape index (κ2) is 6.55. The van der Waals surface area contributed by atoms with Crippen LogP contribution in [0.1, 0.15) is 25.3 Å². The van der Waals surface area contributed by atoms with Gasteiger partial charge in [0.2, 0.25) is 0 Å². The predicted molar refractivity (Wildman–Crippen MR) is 82.7 cm³/mol. The average molecular weight is 279 g/mol. The molecule has 0 aliphatic carbocycles. The Morgan fingerprint density at radius 2 is 2.20 bits per heavy atom. The first-order valence-corrected chi connectivity index (χ1v) is 7.43. The van der Waals surface area contributed by atoms with Crippen LogP contribution in [0.4, 0.5) is 10.1 Å². The first-order chi connectivity index (χ1) is 9.49. The highest BCUT2D eigenvalue weighted by atomic mass is 19.1. The summed E-state index contributed by atoms with van der Waals surface area (Å²) in [6.07, 6.45) is 2.98. The number of nitrogens with two attached hydrogens (primary N) is 1. The molecule has 1 aromatic rings. The Labute approximate surface area is 121 Å². The minimum Gasteiger partial charge on any atom is -0.365 e. The highest BCUT2D eigenvalue weighted by molar-refractivity contribution is 5.56. The van der Waals surface area contributed by atoms with Crippen LogP contribution in [0.3, 0.4) is 0 Å². The molecule has 0 saturated carbocycles. The lowest BCUT2D eigenvalue weighted by atomic mass is 10.0. The summed E-state index contributed by atoms with van der Waals surface area (Å²) >= 11 is 0. The van der Waals surface area contributed by atoms with Crippen LogP contribution < -0.4 is 10.6 Å². The smallest absolute Gasteiger partial charge is 0.146 e. The zero-order valence-electron chi connectivity index (χ0n) is 12.8. The Kier molecular flexibility index (Phi) is 5.00. The molecule has 1 heterocycles. The molecule has 0 amide bonds. The quantitative estimate of drug-likeness (QED) is 0.897. The van der Waals surface area contributed by atoms with Crippen molar-refractivity contribution in [2.45, 2.75) is 38.3 Å². The molecule has 1 aromatic carbocycles. The molecule has 2 unspecified atom stereocenters. The van der Waals surface area contributed by atoms with Crippen LogP contribution in [0.5, 0.6) is 0 Å². The molecule has 4 heteroatoms. The number of hydrogen-bond acceptors (Lipinski definition) is 3. The number of anilines is 1. The molecular formula is C16H26FN3. The van der Waals surface area contributed by atoms with Crippen LogP contribution in [0.15, 0.2) is 18.2 Å². The van der Waals surface area contributed by atoms with Crippen LogP contribution in [0, 0.1) is 5.82 Å². The third-order valence-electron chi connectivity index (χ3n) is 3.85. The van der Waals surface area contributed by atoms with Gasteiger partial charge in [-0.05, 0) is 51.9 Å². The minimum absolute atomic E-state index is 0.0467. The maximum absolute atomic E-state index is 14.4. The predicted octanol–water partition coefficient (Wildman–Crippen LogP) is 2.25. The van der Waals surface area contributed by atoms with Crippen molar-refractivity contribution in [3.8, 4) is 0 Å². The van der Waals surface area contributed by atoms with E-state index in [1.165, 1.54) is 0 Å². The summed E-state index contributed by atoms with van der Waals surface area (Å²) in [5.74, 6) is -0.117. The molecule has 1 aliphatic rings. The second-order valence-electron chi connectivity index (χ2n) is 6.18. The van der Waals surface area contributed by atoms with E-state index in [-0.39, 0.29) is 11.9 Å². The Hall–Kier alpha value is -1.13. The molecule has 0 bridgehead atoms. The van der Waals surface area contributed by atoms with Gasteiger partial charge in [-0.1, -0.05) is 12.1 Å². The summed E-state index contributed by atoms with van der Waals surface area (Å²) in [4.78, 5) is 4.42. The van der Waals surface area contributed by atoms with Crippen molar-refractivity contribution in [2.24, 2.45) is 5.73 Å². The maximum Gasteiger partial charge on any atom is 0.146 e. The van der Waals surface area contributed by atoms with Crippen molar-refractivity contribution in [1.82, 2.24) is 4.90 Å². The van der Waals surface area contributed by atoms with E-state index >= 15 is 0 Å². The summed E-state index contributed by atoms with van der Waals surface area (Å²) in [5, 5.41) is 0. The molecular weight excluding hydrogens is 253 g/mol. The topological polar surface area (TPSA) is 32.5 Å². The second-order valence-corrected chi connectivity index (χ2v) is 6.18. The number of para-hydroxylation sites is 1. The molecule has 1 saturated heterocycles. The fraction of sp³-hybridized carbons (Fsp3) is 0.625. The van der Waals surface area contributed by atoms with E-state index in [1.807, 2.05) is 13.0 Å². The Morgan fingerprint density at radius 1 is 1.45 bits per heavy atom. The molecule has 2 N–H and O–H groups in total. The SMILES string of the molecule is CC(N)Cc1cccc(F)c1N1CCCC1CN(C)C. The van der Waals surface area contributed by atoms with Gasteiger partial charge in [0.25, 0.3) is 0 Å². The fourth-order valence-electron chi connectivity index (χ4n) is 3.13.